The third kappa shape index (κ3) is 45.0. The van der Waals surface area contributed by atoms with Gasteiger partial charge in [0.15, 0.2) is 6.10 Å². The van der Waals surface area contributed by atoms with Crippen molar-refractivity contribution >= 4 is 17.9 Å². The van der Waals surface area contributed by atoms with E-state index < -0.39 is 18.0 Å². The molecule has 0 radical (unpaired) electrons. The van der Waals surface area contributed by atoms with Gasteiger partial charge in [-0.1, -0.05) is 207 Å². The van der Waals surface area contributed by atoms with Gasteiger partial charge in [-0.05, 0) is 70.6 Å². The van der Waals surface area contributed by atoms with Gasteiger partial charge >= 0.3 is 17.9 Å². The van der Waals surface area contributed by atoms with Gasteiger partial charge in [0, 0.05) is 12.8 Å². The van der Waals surface area contributed by atoms with Crippen molar-refractivity contribution in [1.82, 2.24) is 0 Å². The number of carbonyl (C=O) groups is 3. The van der Waals surface area contributed by atoms with E-state index in [9.17, 15) is 14.4 Å². The minimum absolute atomic E-state index is 0.110. The first-order valence-corrected chi connectivity index (χ1v) is 23.4. The van der Waals surface area contributed by atoms with Crippen molar-refractivity contribution in [3.63, 3.8) is 0 Å². The first-order valence-electron chi connectivity index (χ1n) is 23.4. The monoisotopic (exact) mass is 817 g/mol. The van der Waals surface area contributed by atoms with Crippen LogP contribution >= 0.6 is 0 Å². The van der Waals surface area contributed by atoms with Crippen molar-refractivity contribution < 1.29 is 28.6 Å². The Morgan fingerprint density at radius 2 is 0.729 bits per heavy atom. The van der Waals surface area contributed by atoms with Crippen molar-refractivity contribution in [2.24, 2.45) is 0 Å². The lowest BCUT2D eigenvalue weighted by Gasteiger charge is -2.18. The lowest BCUT2D eigenvalue weighted by Crippen LogP contribution is -2.30. The van der Waals surface area contributed by atoms with Crippen LogP contribution < -0.4 is 0 Å². The molecule has 0 bridgehead atoms. The number of allylic oxidation sites excluding steroid dienone is 17. The number of ether oxygens (including phenoxy) is 3. The first kappa shape index (κ1) is 55.1. The molecule has 0 fully saturated rings. The Labute approximate surface area is 361 Å². The third-order valence-electron chi connectivity index (χ3n) is 9.32. The maximum absolute atomic E-state index is 12.7. The SMILES string of the molecule is CC/C=C\C/C=C\C/C=C\C/C=C\C/C=C\CC(=O)OCC(COC(=O)CCCCCCCCCCCCCCC)OC(=O)CC/C=C\C/C=C\C/C=C\C/C=C\CC. The zero-order valence-electron chi connectivity index (χ0n) is 37.7. The summed E-state index contributed by atoms with van der Waals surface area (Å²) in [5.74, 6) is -1.16. The van der Waals surface area contributed by atoms with E-state index in [4.69, 9.17) is 14.2 Å². The van der Waals surface area contributed by atoms with Crippen LogP contribution in [0.3, 0.4) is 0 Å². The molecule has 0 aromatic heterocycles. The number of hydrogen-bond donors (Lipinski definition) is 0. The molecule has 332 valence electrons. The summed E-state index contributed by atoms with van der Waals surface area (Å²) in [6.45, 7) is 6.23. The molecule has 0 aliphatic carbocycles. The van der Waals surface area contributed by atoms with E-state index in [1.54, 1.807) is 6.08 Å². The zero-order chi connectivity index (χ0) is 43.0. The van der Waals surface area contributed by atoms with Crippen molar-refractivity contribution in [2.45, 2.75) is 194 Å². The topological polar surface area (TPSA) is 78.9 Å². The quantitative estimate of drug-likeness (QED) is 0.0265. The van der Waals surface area contributed by atoms with E-state index in [0.29, 0.717) is 12.8 Å². The number of esters is 3. The van der Waals surface area contributed by atoms with E-state index in [1.165, 1.54) is 64.2 Å². The highest BCUT2D eigenvalue weighted by Gasteiger charge is 2.19. The second-order valence-corrected chi connectivity index (χ2v) is 14.9. The summed E-state index contributed by atoms with van der Waals surface area (Å²) in [7, 11) is 0. The van der Waals surface area contributed by atoms with Crippen LogP contribution in [0.4, 0.5) is 0 Å². The van der Waals surface area contributed by atoms with Crippen LogP contribution in [0.1, 0.15) is 188 Å². The Morgan fingerprint density at radius 3 is 1.15 bits per heavy atom. The molecule has 0 amide bonds. The molecule has 1 unspecified atom stereocenters. The Hall–Kier alpha value is -3.93. The smallest absolute Gasteiger partial charge is 0.309 e. The molecule has 6 heteroatoms. The summed E-state index contributed by atoms with van der Waals surface area (Å²) < 4.78 is 16.5. The van der Waals surface area contributed by atoms with Crippen molar-refractivity contribution in [2.75, 3.05) is 13.2 Å². The predicted molar refractivity (Wildman–Crippen MR) is 251 cm³/mol. The molecular formula is C53H84O6. The van der Waals surface area contributed by atoms with Gasteiger partial charge in [-0.2, -0.15) is 0 Å². The number of rotatable bonds is 40. The molecule has 0 aliphatic rings. The molecule has 0 N–H and O–H groups in total. The lowest BCUT2D eigenvalue weighted by molar-refractivity contribution is -0.166. The molecule has 0 saturated carbocycles. The van der Waals surface area contributed by atoms with Crippen LogP contribution in [0.15, 0.2) is 109 Å². The Kier molecular flexibility index (Phi) is 43.6. The number of carbonyl (C=O) groups excluding carboxylic acids is 3. The molecule has 59 heavy (non-hydrogen) atoms. The van der Waals surface area contributed by atoms with Crippen LogP contribution in [0.2, 0.25) is 0 Å². The molecule has 0 aliphatic heterocycles. The van der Waals surface area contributed by atoms with Crippen LogP contribution in [-0.4, -0.2) is 37.2 Å². The fourth-order valence-electron chi connectivity index (χ4n) is 5.88. The second kappa shape index (κ2) is 46.8. The van der Waals surface area contributed by atoms with Crippen molar-refractivity contribution in [1.29, 1.82) is 0 Å². The maximum Gasteiger partial charge on any atom is 0.309 e. The van der Waals surface area contributed by atoms with Gasteiger partial charge in [0.1, 0.15) is 13.2 Å². The van der Waals surface area contributed by atoms with Crippen molar-refractivity contribution in [3.05, 3.63) is 109 Å². The van der Waals surface area contributed by atoms with Crippen molar-refractivity contribution in [3.8, 4) is 0 Å². The fraction of sp³-hybridized carbons (Fsp3) is 0.604. The highest BCUT2D eigenvalue weighted by atomic mass is 16.6. The van der Waals surface area contributed by atoms with Gasteiger partial charge in [-0.25, -0.2) is 0 Å². The number of unbranched alkanes of at least 4 members (excludes halogenated alkanes) is 12. The summed E-state index contributed by atoms with van der Waals surface area (Å²) in [6, 6.07) is 0. The third-order valence-corrected chi connectivity index (χ3v) is 9.32. The average Bonchev–Trinajstić information content (AvgIpc) is 3.23. The summed E-state index contributed by atoms with van der Waals surface area (Å²) >= 11 is 0. The Morgan fingerprint density at radius 1 is 0.373 bits per heavy atom. The van der Waals surface area contributed by atoms with Crippen LogP contribution in [-0.2, 0) is 28.6 Å². The minimum atomic E-state index is -0.854. The standard InChI is InChI=1S/C53H84O6/c1-4-7-10-13-16-19-22-25-26-29-31-34-37-40-43-46-52(55)58-49-50(59-53(56)47-44-41-38-35-32-28-24-21-18-15-12-9-6-3)48-57-51(54)45-42-39-36-33-30-27-23-20-17-14-11-8-5-2/h7,9-10,12,16,18-19,21,25-26,28,31-32,34,38,40-41,43,50H,4-6,8,11,13-15,17,20,22-24,27,29-30,33,35-37,39,42,44-49H2,1-3H3/b10-7-,12-9-,19-16-,21-18-,26-25-,32-28-,34-31-,41-38-,43-40-. The minimum Gasteiger partial charge on any atom is -0.462 e. The Balaban J connectivity index is 4.62. The zero-order valence-corrected chi connectivity index (χ0v) is 37.7. The molecule has 0 spiro atoms. The summed E-state index contributed by atoms with van der Waals surface area (Å²) in [6.07, 6.45) is 62.5. The first-order chi connectivity index (χ1) is 29.0. The van der Waals surface area contributed by atoms with E-state index in [0.717, 1.165) is 77.0 Å². The van der Waals surface area contributed by atoms with Gasteiger partial charge < -0.3 is 14.2 Å². The van der Waals surface area contributed by atoms with Gasteiger partial charge in [0.2, 0.25) is 0 Å². The van der Waals surface area contributed by atoms with Crippen LogP contribution in [0.5, 0.6) is 0 Å². The van der Waals surface area contributed by atoms with E-state index >= 15 is 0 Å². The van der Waals surface area contributed by atoms with E-state index in [2.05, 4.69) is 106 Å². The molecule has 6 nitrogen and oxygen atoms in total. The highest BCUT2D eigenvalue weighted by molar-refractivity contribution is 5.72. The lowest BCUT2D eigenvalue weighted by atomic mass is 10.0. The maximum atomic E-state index is 12.7. The van der Waals surface area contributed by atoms with Gasteiger partial charge in [-0.15, -0.1) is 0 Å². The fourth-order valence-corrected chi connectivity index (χ4v) is 5.88. The molecule has 0 saturated heterocycles. The molecule has 1 atom stereocenters. The molecule has 0 rings (SSSR count). The Bertz CT molecular complexity index is 1260. The van der Waals surface area contributed by atoms with Gasteiger partial charge in [0.05, 0.1) is 6.42 Å². The summed E-state index contributed by atoms with van der Waals surface area (Å²) in [5.41, 5.74) is 0. The average molecular weight is 817 g/mol. The van der Waals surface area contributed by atoms with E-state index in [-0.39, 0.29) is 32.0 Å². The summed E-state index contributed by atoms with van der Waals surface area (Å²) in [5, 5.41) is 0. The summed E-state index contributed by atoms with van der Waals surface area (Å²) in [4.78, 5) is 37.7. The number of hydrogen-bond acceptors (Lipinski definition) is 6. The highest BCUT2D eigenvalue weighted by Crippen LogP contribution is 2.13. The van der Waals surface area contributed by atoms with Gasteiger partial charge in [0.25, 0.3) is 0 Å². The predicted octanol–water partition coefficient (Wildman–Crippen LogP) is 15.2. The normalized spacial score (nSPS) is 13.1. The van der Waals surface area contributed by atoms with Gasteiger partial charge in [-0.3, -0.25) is 14.4 Å². The largest absolute Gasteiger partial charge is 0.462 e. The molecule has 0 aromatic rings. The molecular weight excluding hydrogens is 733 g/mol. The molecule has 0 heterocycles. The van der Waals surface area contributed by atoms with Crippen LogP contribution in [0.25, 0.3) is 0 Å². The van der Waals surface area contributed by atoms with Crippen LogP contribution in [0, 0.1) is 0 Å². The van der Waals surface area contributed by atoms with E-state index in [1.807, 2.05) is 18.2 Å². The second-order valence-electron chi connectivity index (χ2n) is 14.9. The molecule has 0 aromatic carbocycles.